The molecule has 0 N–H and O–H groups in total. The van der Waals surface area contributed by atoms with Gasteiger partial charge in [-0.3, -0.25) is 9.36 Å². The van der Waals surface area contributed by atoms with Gasteiger partial charge in [0.2, 0.25) is 10.0 Å². The van der Waals surface area contributed by atoms with Crippen molar-refractivity contribution in [3.8, 4) is 0 Å². The van der Waals surface area contributed by atoms with Crippen LogP contribution in [0.2, 0.25) is 0 Å². The molecule has 1 saturated heterocycles. The maximum atomic E-state index is 13.2. The van der Waals surface area contributed by atoms with E-state index in [9.17, 15) is 13.2 Å². The van der Waals surface area contributed by atoms with Crippen molar-refractivity contribution in [2.75, 3.05) is 25.1 Å². The van der Waals surface area contributed by atoms with Gasteiger partial charge in [-0.15, -0.1) is 17.9 Å². The van der Waals surface area contributed by atoms with Crippen molar-refractivity contribution >= 4 is 43.3 Å². The molecule has 0 aromatic carbocycles. The van der Waals surface area contributed by atoms with Crippen LogP contribution in [0.25, 0.3) is 10.2 Å². The van der Waals surface area contributed by atoms with E-state index in [0.717, 1.165) is 41.7 Å². The third-order valence-corrected chi connectivity index (χ3v) is 9.18. The van der Waals surface area contributed by atoms with Crippen LogP contribution in [0.4, 0.5) is 0 Å². The molecule has 0 radical (unpaired) electrons. The van der Waals surface area contributed by atoms with Crippen LogP contribution in [0.3, 0.4) is 0 Å². The Bertz CT molecular complexity index is 1070. The van der Waals surface area contributed by atoms with Crippen LogP contribution in [-0.2, 0) is 29.4 Å². The van der Waals surface area contributed by atoms with Gasteiger partial charge >= 0.3 is 0 Å². The van der Waals surface area contributed by atoms with Crippen molar-refractivity contribution in [3.63, 3.8) is 0 Å². The number of allylic oxidation sites excluding steroid dienone is 1. The summed E-state index contributed by atoms with van der Waals surface area (Å²) >= 11 is 3.23. The Morgan fingerprint density at radius 3 is 2.86 bits per heavy atom. The van der Waals surface area contributed by atoms with E-state index >= 15 is 0 Å². The number of nitrogens with zero attached hydrogens (tertiary/aromatic N) is 3. The van der Waals surface area contributed by atoms with Crippen molar-refractivity contribution in [2.45, 2.75) is 43.8 Å². The standard InChI is InChI=1S/C19H25N3O3S3/c1-3-9-22-18(23)16-14-6-4-5-7-15(14)27-17(16)20-19(22)26-12-13-8-10-21(11-13)28(2,24)25/h3,13H,1,4-12H2,2H3/t13-/m0/s1. The van der Waals surface area contributed by atoms with Gasteiger partial charge < -0.3 is 0 Å². The number of aryl methyl sites for hydroxylation is 2. The number of sulfonamides is 1. The fourth-order valence-electron chi connectivity index (χ4n) is 4.05. The van der Waals surface area contributed by atoms with Crippen LogP contribution in [0, 0.1) is 5.92 Å². The smallest absolute Gasteiger partial charge is 0.263 e. The van der Waals surface area contributed by atoms with E-state index in [0.29, 0.717) is 24.8 Å². The highest BCUT2D eigenvalue weighted by molar-refractivity contribution is 7.99. The first kappa shape index (κ1) is 20.1. The summed E-state index contributed by atoms with van der Waals surface area (Å²) in [5.74, 6) is 1.03. The normalized spacial score (nSPS) is 20.5. The Morgan fingerprint density at radius 1 is 1.36 bits per heavy atom. The van der Waals surface area contributed by atoms with Gasteiger partial charge in [-0.25, -0.2) is 17.7 Å². The average Bonchev–Trinajstić information content (AvgIpc) is 3.26. The average molecular weight is 440 g/mol. The Kier molecular flexibility index (Phi) is 5.70. The van der Waals surface area contributed by atoms with E-state index < -0.39 is 10.0 Å². The van der Waals surface area contributed by atoms with E-state index in [1.54, 1.807) is 38.0 Å². The molecule has 2 aromatic heterocycles. The van der Waals surface area contributed by atoms with Crippen LogP contribution in [-0.4, -0.2) is 47.4 Å². The molecule has 0 spiro atoms. The molecular formula is C19H25N3O3S3. The molecule has 28 heavy (non-hydrogen) atoms. The molecule has 0 amide bonds. The third-order valence-electron chi connectivity index (χ3n) is 5.52. The van der Waals surface area contributed by atoms with Gasteiger partial charge in [-0.2, -0.15) is 0 Å². The second-order valence-corrected chi connectivity index (χ2v) is 11.6. The molecule has 4 rings (SSSR count). The maximum absolute atomic E-state index is 13.2. The highest BCUT2D eigenvalue weighted by Crippen LogP contribution is 2.35. The van der Waals surface area contributed by atoms with E-state index in [4.69, 9.17) is 4.98 Å². The molecule has 0 bridgehead atoms. The summed E-state index contributed by atoms with van der Waals surface area (Å²) < 4.78 is 26.7. The first-order chi connectivity index (χ1) is 13.4. The molecule has 0 saturated carbocycles. The van der Waals surface area contributed by atoms with Crippen molar-refractivity contribution in [1.29, 1.82) is 0 Å². The van der Waals surface area contributed by atoms with Gasteiger partial charge in [0.1, 0.15) is 4.83 Å². The highest BCUT2D eigenvalue weighted by atomic mass is 32.2. The number of hydrogen-bond donors (Lipinski definition) is 0. The SMILES string of the molecule is C=CCn1c(SC[C@H]2CCN(S(C)(=O)=O)C2)nc2sc3c(c2c1=O)CCCC3. The molecule has 2 aromatic rings. The minimum atomic E-state index is -3.13. The largest absolute Gasteiger partial charge is 0.283 e. The van der Waals surface area contributed by atoms with Gasteiger partial charge in [0.15, 0.2) is 5.16 Å². The zero-order valence-electron chi connectivity index (χ0n) is 16.0. The maximum Gasteiger partial charge on any atom is 0.263 e. The van der Waals surface area contributed by atoms with Crippen molar-refractivity contribution in [1.82, 2.24) is 13.9 Å². The third kappa shape index (κ3) is 3.81. The van der Waals surface area contributed by atoms with Gasteiger partial charge in [-0.05, 0) is 43.6 Å². The minimum absolute atomic E-state index is 0.0379. The van der Waals surface area contributed by atoms with Crippen molar-refractivity contribution in [2.24, 2.45) is 5.92 Å². The number of hydrogen-bond acceptors (Lipinski definition) is 6. The van der Waals surface area contributed by atoms with Crippen LogP contribution in [0.5, 0.6) is 0 Å². The quantitative estimate of drug-likeness (QED) is 0.393. The molecule has 9 heteroatoms. The molecular weight excluding hydrogens is 414 g/mol. The number of aromatic nitrogens is 2. The Hall–Kier alpha value is -1.16. The Labute approximate surface area is 173 Å². The Morgan fingerprint density at radius 2 is 2.14 bits per heavy atom. The molecule has 0 unspecified atom stereocenters. The summed E-state index contributed by atoms with van der Waals surface area (Å²) in [7, 11) is -3.13. The highest BCUT2D eigenvalue weighted by Gasteiger charge is 2.29. The first-order valence-corrected chi connectivity index (χ1v) is 13.3. The minimum Gasteiger partial charge on any atom is -0.283 e. The zero-order chi connectivity index (χ0) is 19.9. The van der Waals surface area contributed by atoms with Gasteiger partial charge in [0, 0.05) is 30.3 Å². The summed E-state index contributed by atoms with van der Waals surface area (Å²) in [4.78, 5) is 20.3. The lowest BCUT2D eigenvalue weighted by Gasteiger charge is -2.15. The lowest BCUT2D eigenvalue weighted by atomic mass is 9.97. The number of fused-ring (bicyclic) bond motifs is 3. The molecule has 6 nitrogen and oxygen atoms in total. The summed E-state index contributed by atoms with van der Waals surface area (Å²) in [6.07, 6.45) is 8.17. The molecule has 152 valence electrons. The van der Waals surface area contributed by atoms with Crippen molar-refractivity contribution < 1.29 is 8.42 Å². The van der Waals surface area contributed by atoms with E-state index in [1.165, 1.54) is 23.1 Å². The summed E-state index contributed by atoms with van der Waals surface area (Å²) in [5, 5.41) is 1.52. The predicted octanol–water partition coefficient (Wildman–Crippen LogP) is 2.90. The van der Waals surface area contributed by atoms with E-state index in [2.05, 4.69) is 6.58 Å². The number of rotatable bonds is 6. The van der Waals surface area contributed by atoms with Gasteiger partial charge in [0.05, 0.1) is 11.6 Å². The zero-order valence-corrected chi connectivity index (χ0v) is 18.5. The molecule has 3 heterocycles. The van der Waals surface area contributed by atoms with Crippen molar-refractivity contribution in [3.05, 3.63) is 33.4 Å². The fourth-order valence-corrected chi connectivity index (χ4v) is 7.40. The van der Waals surface area contributed by atoms with Crippen LogP contribution < -0.4 is 5.56 Å². The Balaban J connectivity index is 1.62. The lowest BCUT2D eigenvalue weighted by molar-refractivity contribution is 0.470. The topological polar surface area (TPSA) is 72.3 Å². The van der Waals surface area contributed by atoms with Crippen LogP contribution >= 0.6 is 23.1 Å². The summed E-state index contributed by atoms with van der Waals surface area (Å²) in [6, 6.07) is 0. The monoisotopic (exact) mass is 439 g/mol. The van der Waals surface area contributed by atoms with E-state index in [-0.39, 0.29) is 11.5 Å². The lowest BCUT2D eigenvalue weighted by Crippen LogP contribution is -2.28. The molecule has 1 aliphatic heterocycles. The van der Waals surface area contributed by atoms with Crippen LogP contribution in [0.1, 0.15) is 29.7 Å². The van der Waals surface area contributed by atoms with Gasteiger partial charge in [-0.1, -0.05) is 17.8 Å². The van der Waals surface area contributed by atoms with Crippen LogP contribution in [0.15, 0.2) is 22.6 Å². The second kappa shape index (κ2) is 7.93. The van der Waals surface area contributed by atoms with E-state index in [1.807, 2.05) is 0 Å². The summed E-state index contributed by atoms with van der Waals surface area (Å²) in [6.45, 7) is 5.37. The predicted molar refractivity (Wildman–Crippen MR) is 116 cm³/mol. The number of thiophene rings is 1. The molecule has 2 aliphatic rings. The first-order valence-electron chi connectivity index (χ1n) is 9.62. The summed E-state index contributed by atoms with van der Waals surface area (Å²) in [5.41, 5.74) is 1.24. The second-order valence-electron chi connectivity index (χ2n) is 7.58. The number of thioether (sulfide) groups is 1. The van der Waals surface area contributed by atoms with Gasteiger partial charge in [0.25, 0.3) is 5.56 Å². The fraction of sp³-hybridized carbons (Fsp3) is 0.579. The molecule has 1 aliphatic carbocycles. The molecule has 1 fully saturated rings. The molecule has 1 atom stereocenters.